The first-order valence-electron chi connectivity index (χ1n) is 14.1. The van der Waals surface area contributed by atoms with Crippen LogP contribution in [-0.2, 0) is 24.4 Å². The molecule has 0 aliphatic carbocycles. The number of carbonyl (C=O) groups excluding carboxylic acids is 3. The van der Waals surface area contributed by atoms with Gasteiger partial charge in [0.2, 0.25) is 5.91 Å². The molecule has 1 aliphatic rings. The minimum absolute atomic E-state index is 0.0476. The summed E-state index contributed by atoms with van der Waals surface area (Å²) in [7, 11) is -4.28. The number of nitrogens with one attached hydrogen (secondary N) is 3. The summed E-state index contributed by atoms with van der Waals surface area (Å²) in [6.45, 7) is 0.334. The second kappa shape index (κ2) is 15.1. The first-order chi connectivity index (χ1) is 21.9. The smallest absolute Gasteiger partial charge is 0.455 e. The molecule has 0 aromatic heterocycles. The fourth-order valence-electron chi connectivity index (χ4n) is 4.46. The van der Waals surface area contributed by atoms with E-state index in [1.54, 1.807) is 48.5 Å². The minimum atomic E-state index is -5.53. The zero-order valence-electron chi connectivity index (χ0n) is 24.2. The van der Waals surface area contributed by atoms with Gasteiger partial charge in [-0.05, 0) is 80.4 Å². The number of para-hydroxylation sites is 3. The minimum Gasteiger partial charge on any atom is -0.455 e. The van der Waals surface area contributed by atoms with Crippen molar-refractivity contribution < 1.29 is 50.7 Å². The topological polar surface area (TPSA) is 163 Å². The second-order valence-electron chi connectivity index (χ2n) is 10.2. The lowest BCUT2D eigenvalue weighted by molar-refractivity contribution is -0.235. The van der Waals surface area contributed by atoms with Crippen LogP contribution in [0.1, 0.15) is 23.2 Å². The number of anilines is 1. The molecule has 4 rings (SSSR count). The molecule has 1 saturated heterocycles. The Morgan fingerprint density at radius 1 is 0.957 bits per heavy atom. The van der Waals surface area contributed by atoms with E-state index in [1.165, 1.54) is 6.07 Å². The number of aliphatic hydroxyl groups excluding tert-OH is 1. The predicted octanol–water partition coefficient (Wildman–Crippen LogP) is 3.22. The van der Waals surface area contributed by atoms with Crippen molar-refractivity contribution in [2.45, 2.75) is 30.0 Å². The van der Waals surface area contributed by atoms with Gasteiger partial charge in [0.15, 0.2) is 11.8 Å². The second-order valence-corrected chi connectivity index (χ2v) is 11.9. The largest absolute Gasteiger partial charge is 0.493 e. The number of hydroxylamine groups is 2. The molecule has 0 unspecified atom stereocenters. The van der Waals surface area contributed by atoms with Crippen molar-refractivity contribution in [3.8, 4) is 11.5 Å². The molecule has 4 N–H and O–H groups in total. The van der Waals surface area contributed by atoms with Crippen LogP contribution in [0.25, 0.3) is 0 Å². The highest BCUT2D eigenvalue weighted by molar-refractivity contribution is 7.92. The molecule has 2 amide bonds. The maximum absolute atomic E-state index is 13.3. The number of carbonyl (C=O) groups is 3. The summed E-state index contributed by atoms with van der Waals surface area (Å²) >= 11 is 0. The third kappa shape index (κ3) is 8.95. The molecule has 3 aromatic carbocycles. The number of benzene rings is 3. The average molecular weight is 665 g/mol. The number of aliphatic hydroxyl groups is 1. The first-order valence-corrected chi connectivity index (χ1v) is 15.5. The normalized spacial score (nSPS) is 14.5. The lowest BCUT2D eigenvalue weighted by Gasteiger charge is -2.29. The molecule has 0 saturated carbocycles. The first kappa shape index (κ1) is 34.2. The standard InChI is InChI=1S/C30H31F3N4O8S/c31-30(32,33)29(41)45-37(25(19-38)27(39)35-18-20-14-16-34-17-15-20)28(40)21-10-12-23(13-11-21)46(42,43)36-24-8-4-5-9-26(24)44-22-6-2-1-3-7-22/h1-13,20,25,34,36,38H,14-19H2,(H,35,39)/t25-/m0/s1. The monoisotopic (exact) mass is 664 g/mol. The molecule has 1 heterocycles. The molecule has 246 valence electrons. The van der Waals surface area contributed by atoms with Crippen molar-refractivity contribution in [1.82, 2.24) is 15.7 Å². The number of ether oxygens (including phenoxy) is 1. The number of hydrogen-bond acceptors (Lipinski definition) is 9. The molecule has 46 heavy (non-hydrogen) atoms. The number of alkyl halides is 3. The molecular weight excluding hydrogens is 633 g/mol. The van der Waals surface area contributed by atoms with Crippen LogP contribution in [0.2, 0.25) is 0 Å². The maximum atomic E-state index is 13.3. The van der Waals surface area contributed by atoms with Crippen molar-refractivity contribution in [1.29, 1.82) is 0 Å². The highest BCUT2D eigenvalue weighted by atomic mass is 32.2. The molecular formula is C30H31F3N4O8S. The Morgan fingerprint density at radius 3 is 2.22 bits per heavy atom. The van der Waals surface area contributed by atoms with E-state index in [4.69, 9.17) is 4.74 Å². The van der Waals surface area contributed by atoms with Gasteiger partial charge in [-0.2, -0.15) is 18.2 Å². The van der Waals surface area contributed by atoms with E-state index in [-0.39, 0.29) is 33.9 Å². The molecule has 0 bridgehead atoms. The van der Waals surface area contributed by atoms with Gasteiger partial charge in [-0.15, -0.1) is 0 Å². The van der Waals surface area contributed by atoms with E-state index in [9.17, 15) is 41.1 Å². The molecule has 0 spiro atoms. The van der Waals surface area contributed by atoms with Crippen LogP contribution < -0.4 is 20.1 Å². The average Bonchev–Trinajstić information content (AvgIpc) is 3.04. The van der Waals surface area contributed by atoms with Gasteiger partial charge in [0.05, 0.1) is 17.2 Å². The zero-order valence-corrected chi connectivity index (χ0v) is 25.0. The Hall–Kier alpha value is -4.67. The maximum Gasteiger partial charge on any atom is 0.493 e. The van der Waals surface area contributed by atoms with E-state index >= 15 is 0 Å². The third-order valence-corrected chi connectivity index (χ3v) is 8.29. The van der Waals surface area contributed by atoms with Gasteiger partial charge in [-0.1, -0.05) is 30.3 Å². The van der Waals surface area contributed by atoms with Crippen molar-refractivity contribution in [2.24, 2.45) is 5.92 Å². The van der Waals surface area contributed by atoms with Crippen LogP contribution in [0.4, 0.5) is 18.9 Å². The molecule has 0 radical (unpaired) electrons. The lowest BCUT2D eigenvalue weighted by Crippen LogP contribution is -2.54. The fourth-order valence-corrected chi connectivity index (χ4v) is 5.53. The molecule has 16 heteroatoms. The van der Waals surface area contributed by atoms with Crippen molar-refractivity contribution >= 4 is 33.5 Å². The summed E-state index contributed by atoms with van der Waals surface area (Å²) < 4.78 is 73.8. The molecule has 3 aromatic rings. The van der Waals surface area contributed by atoms with E-state index in [2.05, 4.69) is 20.2 Å². The number of piperidine rings is 1. The quantitative estimate of drug-likeness (QED) is 0.226. The highest BCUT2D eigenvalue weighted by Crippen LogP contribution is 2.31. The number of sulfonamides is 1. The number of amides is 2. The van der Waals surface area contributed by atoms with Crippen LogP contribution >= 0.6 is 0 Å². The Labute approximate surface area is 262 Å². The van der Waals surface area contributed by atoms with Crippen LogP contribution in [0.15, 0.2) is 83.8 Å². The molecule has 1 atom stereocenters. The van der Waals surface area contributed by atoms with Crippen LogP contribution in [-0.4, -0.2) is 74.8 Å². The van der Waals surface area contributed by atoms with Gasteiger partial charge in [-0.3, -0.25) is 14.3 Å². The Kier molecular flexibility index (Phi) is 11.2. The van der Waals surface area contributed by atoms with Crippen molar-refractivity contribution in [2.75, 3.05) is 31.0 Å². The zero-order chi connectivity index (χ0) is 33.3. The third-order valence-electron chi connectivity index (χ3n) is 6.91. The van der Waals surface area contributed by atoms with Crippen molar-refractivity contribution in [3.05, 3.63) is 84.4 Å². The van der Waals surface area contributed by atoms with Gasteiger partial charge in [-0.25, -0.2) is 13.2 Å². The van der Waals surface area contributed by atoms with E-state index < -0.39 is 52.2 Å². The van der Waals surface area contributed by atoms with Crippen LogP contribution in [0, 0.1) is 5.92 Å². The Balaban J connectivity index is 1.53. The summed E-state index contributed by atoms with van der Waals surface area (Å²) in [5.41, 5.74) is -0.343. The number of rotatable bonds is 11. The predicted molar refractivity (Wildman–Crippen MR) is 158 cm³/mol. The SMILES string of the molecule is O=C(NCC1CCNCC1)[C@H](CO)N(OC(=O)C(F)(F)F)C(=O)c1ccc(S(=O)(=O)Nc2ccccc2Oc2ccccc2)cc1. The Morgan fingerprint density at radius 2 is 1.59 bits per heavy atom. The Bertz CT molecular complexity index is 1620. The number of halogens is 3. The molecule has 1 aliphatic heterocycles. The summed E-state index contributed by atoms with van der Waals surface area (Å²) in [6.07, 6.45) is -4.11. The van der Waals surface area contributed by atoms with Gasteiger partial charge in [0.25, 0.3) is 15.9 Å². The molecule has 1 fully saturated rings. The van der Waals surface area contributed by atoms with E-state index in [0.29, 0.717) is 31.7 Å². The van der Waals surface area contributed by atoms with E-state index in [1.807, 2.05) is 0 Å². The van der Waals surface area contributed by atoms with Crippen molar-refractivity contribution in [3.63, 3.8) is 0 Å². The van der Waals surface area contributed by atoms with Gasteiger partial charge in [0, 0.05) is 12.1 Å². The lowest BCUT2D eigenvalue weighted by atomic mass is 9.98. The highest BCUT2D eigenvalue weighted by Gasteiger charge is 2.45. The fraction of sp³-hybridized carbons (Fsp3) is 0.300. The van der Waals surface area contributed by atoms with Gasteiger partial charge < -0.3 is 25.3 Å². The molecule has 12 nitrogen and oxygen atoms in total. The number of nitrogens with zero attached hydrogens (tertiary/aromatic N) is 1. The number of hydrogen-bond donors (Lipinski definition) is 4. The van der Waals surface area contributed by atoms with Crippen LogP contribution in [0.3, 0.4) is 0 Å². The summed E-state index contributed by atoms with van der Waals surface area (Å²) in [4.78, 5) is 41.8. The van der Waals surface area contributed by atoms with Crippen LogP contribution in [0.5, 0.6) is 11.5 Å². The summed E-state index contributed by atoms with van der Waals surface area (Å²) in [5, 5.41) is 15.4. The van der Waals surface area contributed by atoms with Gasteiger partial charge in [0.1, 0.15) is 5.75 Å². The van der Waals surface area contributed by atoms with Gasteiger partial charge >= 0.3 is 12.1 Å². The summed E-state index contributed by atoms with van der Waals surface area (Å²) in [6, 6.07) is 16.7. The van der Waals surface area contributed by atoms with E-state index in [0.717, 1.165) is 24.3 Å². The summed E-state index contributed by atoms with van der Waals surface area (Å²) in [5.74, 6) is -4.57.